The second-order valence-corrected chi connectivity index (χ2v) is 6.91. The van der Waals surface area contributed by atoms with Gasteiger partial charge in [0.2, 0.25) is 11.8 Å². The van der Waals surface area contributed by atoms with E-state index >= 15 is 0 Å². The molecule has 142 valence electrons. The van der Waals surface area contributed by atoms with Gasteiger partial charge in [-0.05, 0) is 36.8 Å². The quantitative estimate of drug-likeness (QED) is 0.789. The summed E-state index contributed by atoms with van der Waals surface area (Å²) in [6.07, 6.45) is 0.583. The lowest BCUT2D eigenvalue weighted by Gasteiger charge is -2.13. The lowest BCUT2D eigenvalue weighted by atomic mass is 10.2. The van der Waals surface area contributed by atoms with Crippen LogP contribution in [0.15, 0.2) is 48.5 Å². The van der Waals surface area contributed by atoms with Gasteiger partial charge in [-0.15, -0.1) is 0 Å². The number of carbonyl (C=O) groups excluding carboxylic acids is 2. The minimum Gasteiger partial charge on any atom is -0.496 e. The average Bonchev–Trinajstić information content (AvgIpc) is 3.48. The Labute approximate surface area is 159 Å². The molecule has 6 heteroatoms. The molecule has 0 radical (unpaired) electrons. The Morgan fingerprint density at radius 1 is 1.04 bits per heavy atom. The summed E-state index contributed by atoms with van der Waals surface area (Å²) in [4.78, 5) is 26.7. The maximum absolute atomic E-state index is 12.4. The molecule has 2 aromatic rings. The van der Waals surface area contributed by atoms with E-state index < -0.39 is 0 Å². The van der Waals surface area contributed by atoms with Gasteiger partial charge in [-0.25, -0.2) is 0 Å². The Kier molecular flexibility index (Phi) is 5.64. The van der Waals surface area contributed by atoms with Crippen LogP contribution in [0, 0.1) is 11.8 Å². The van der Waals surface area contributed by atoms with Crippen molar-refractivity contribution in [3.63, 3.8) is 0 Å². The first kappa shape index (κ1) is 18.8. The number of amides is 2. The fraction of sp³-hybridized carbons (Fsp3) is 0.333. The maximum atomic E-state index is 12.4. The van der Waals surface area contributed by atoms with Crippen molar-refractivity contribution in [1.82, 2.24) is 5.32 Å². The fourth-order valence-corrected chi connectivity index (χ4v) is 3.01. The minimum atomic E-state index is -0.267. The number of anilines is 2. The molecule has 2 N–H and O–H groups in total. The lowest BCUT2D eigenvalue weighted by Crippen LogP contribution is -2.27. The van der Waals surface area contributed by atoms with Crippen molar-refractivity contribution >= 4 is 23.2 Å². The Bertz CT molecular complexity index is 818. The summed E-state index contributed by atoms with van der Waals surface area (Å²) in [7, 11) is 5.53. The van der Waals surface area contributed by atoms with Crippen LogP contribution in [0.25, 0.3) is 0 Å². The highest BCUT2D eigenvalue weighted by Gasteiger charge is 2.47. The second-order valence-electron chi connectivity index (χ2n) is 6.91. The third-order valence-corrected chi connectivity index (χ3v) is 4.76. The Hall–Kier alpha value is -3.02. The summed E-state index contributed by atoms with van der Waals surface area (Å²) in [6, 6.07) is 15.2. The van der Waals surface area contributed by atoms with Crippen molar-refractivity contribution in [3.05, 3.63) is 54.1 Å². The molecule has 1 saturated carbocycles. The Balaban J connectivity index is 1.49. The number of hydrogen-bond donors (Lipinski definition) is 2. The van der Waals surface area contributed by atoms with E-state index in [0.29, 0.717) is 13.0 Å². The van der Waals surface area contributed by atoms with Crippen LogP contribution in [-0.2, 0) is 16.1 Å². The number of para-hydroxylation sites is 1. The van der Waals surface area contributed by atoms with E-state index in [1.54, 1.807) is 7.11 Å². The molecule has 2 amide bonds. The maximum Gasteiger partial charge on any atom is 0.228 e. The summed E-state index contributed by atoms with van der Waals surface area (Å²) in [5.74, 6) is 0.00932. The molecule has 3 rings (SSSR count). The number of benzene rings is 2. The van der Waals surface area contributed by atoms with Crippen LogP contribution in [-0.4, -0.2) is 33.0 Å². The van der Waals surface area contributed by atoms with E-state index in [2.05, 4.69) is 10.6 Å². The van der Waals surface area contributed by atoms with Gasteiger partial charge in [0, 0.05) is 37.6 Å². The number of nitrogens with one attached hydrogen (secondary N) is 2. The van der Waals surface area contributed by atoms with E-state index in [0.717, 1.165) is 22.7 Å². The monoisotopic (exact) mass is 367 g/mol. The number of carbonyl (C=O) groups is 2. The molecule has 1 fully saturated rings. The third kappa shape index (κ3) is 4.58. The lowest BCUT2D eigenvalue weighted by molar-refractivity contribution is -0.125. The van der Waals surface area contributed by atoms with Gasteiger partial charge in [-0.2, -0.15) is 0 Å². The minimum absolute atomic E-state index is 0.0935. The predicted molar refractivity (Wildman–Crippen MR) is 106 cm³/mol. The summed E-state index contributed by atoms with van der Waals surface area (Å²) in [5, 5.41) is 5.79. The van der Waals surface area contributed by atoms with E-state index in [9.17, 15) is 9.59 Å². The number of hydrogen-bond acceptors (Lipinski definition) is 4. The number of methoxy groups -OCH3 is 1. The summed E-state index contributed by atoms with van der Waals surface area (Å²) >= 11 is 0. The first-order valence-corrected chi connectivity index (χ1v) is 8.97. The Morgan fingerprint density at radius 2 is 1.70 bits per heavy atom. The second kappa shape index (κ2) is 8.12. The Morgan fingerprint density at radius 3 is 2.37 bits per heavy atom. The number of nitrogens with zero attached hydrogens (tertiary/aromatic N) is 1. The highest BCUT2D eigenvalue weighted by atomic mass is 16.5. The SMILES string of the molecule is COc1ccccc1CNC(=O)C1CC1C(=O)Nc1ccc(N(C)C)cc1. The van der Waals surface area contributed by atoms with Crippen LogP contribution in [0.2, 0.25) is 0 Å². The molecule has 0 aliphatic heterocycles. The van der Waals surface area contributed by atoms with Crippen LogP contribution < -0.4 is 20.3 Å². The average molecular weight is 367 g/mol. The zero-order valence-electron chi connectivity index (χ0n) is 15.9. The van der Waals surface area contributed by atoms with Crippen molar-refractivity contribution in [2.24, 2.45) is 11.8 Å². The van der Waals surface area contributed by atoms with Gasteiger partial charge in [0.1, 0.15) is 5.75 Å². The van der Waals surface area contributed by atoms with E-state index in [1.807, 2.05) is 67.5 Å². The van der Waals surface area contributed by atoms with E-state index in [-0.39, 0.29) is 23.7 Å². The van der Waals surface area contributed by atoms with Crippen molar-refractivity contribution in [2.75, 3.05) is 31.4 Å². The van der Waals surface area contributed by atoms with Crippen molar-refractivity contribution in [1.29, 1.82) is 0 Å². The van der Waals surface area contributed by atoms with Gasteiger partial charge in [-0.3, -0.25) is 9.59 Å². The predicted octanol–water partition coefficient (Wildman–Crippen LogP) is 2.65. The summed E-state index contributed by atoms with van der Waals surface area (Å²) < 4.78 is 5.28. The van der Waals surface area contributed by atoms with Crippen LogP contribution >= 0.6 is 0 Å². The number of rotatable bonds is 7. The van der Waals surface area contributed by atoms with Gasteiger partial charge in [0.05, 0.1) is 18.9 Å². The third-order valence-electron chi connectivity index (χ3n) is 4.76. The topological polar surface area (TPSA) is 70.7 Å². The van der Waals surface area contributed by atoms with Crippen LogP contribution in [0.3, 0.4) is 0 Å². The van der Waals surface area contributed by atoms with Gasteiger partial charge in [0.25, 0.3) is 0 Å². The van der Waals surface area contributed by atoms with Crippen LogP contribution in [0.5, 0.6) is 5.75 Å². The first-order valence-electron chi connectivity index (χ1n) is 8.97. The van der Waals surface area contributed by atoms with Crippen LogP contribution in [0.4, 0.5) is 11.4 Å². The first-order chi connectivity index (χ1) is 13.0. The van der Waals surface area contributed by atoms with Crippen LogP contribution in [0.1, 0.15) is 12.0 Å². The van der Waals surface area contributed by atoms with Gasteiger partial charge >= 0.3 is 0 Å². The highest BCUT2D eigenvalue weighted by molar-refractivity contribution is 5.99. The molecule has 0 heterocycles. The van der Waals surface area contributed by atoms with Gasteiger partial charge < -0.3 is 20.3 Å². The molecule has 1 aliphatic rings. The highest BCUT2D eigenvalue weighted by Crippen LogP contribution is 2.39. The van der Waals surface area contributed by atoms with E-state index in [4.69, 9.17) is 4.74 Å². The standard InChI is InChI=1S/C21H25N3O3/c1-24(2)16-10-8-15(9-11-16)23-21(26)18-12-17(18)20(25)22-13-14-6-4-5-7-19(14)27-3/h4-11,17-18H,12-13H2,1-3H3,(H,22,25)(H,23,26). The van der Waals surface area contributed by atoms with Gasteiger partial charge in [-0.1, -0.05) is 18.2 Å². The van der Waals surface area contributed by atoms with Crippen molar-refractivity contribution < 1.29 is 14.3 Å². The molecular formula is C21H25N3O3. The zero-order chi connectivity index (χ0) is 19.4. The fourth-order valence-electron chi connectivity index (χ4n) is 3.01. The molecule has 0 saturated heterocycles. The normalized spacial score (nSPS) is 17.7. The zero-order valence-corrected chi connectivity index (χ0v) is 15.9. The molecule has 2 aromatic carbocycles. The van der Waals surface area contributed by atoms with Crippen molar-refractivity contribution in [3.8, 4) is 5.75 Å². The number of ether oxygens (including phenoxy) is 1. The molecule has 1 aliphatic carbocycles. The summed E-state index contributed by atoms with van der Waals surface area (Å²) in [5.41, 5.74) is 2.72. The molecule has 27 heavy (non-hydrogen) atoms. The largest absolute Gasteiger partial charge is 0.496 e. The van der Waals surface area contributed by atoms with Crippen molar-refractivity contribution in [2.45, 2.75) is 13.0 Å². The van der Waals surface area contributed by atoms with Gasteiger partial charge in [0.15, 0.2) is 0 Å². The summed E-state index contributed by atoms with van der Waals surface area (Å²) in [6.45, 7) is 0.389. The molecule has 0 spiro atoms. The molecule has 2 atom stereocenters. The molecule has 0 bridgehead atoms. The molecule has 6 nitrogen and oxygen atoms in total. The molecule has 2 unspecified atom stereocenters. The molecular weight excluding hydrogens is 342 g/mol. The van der Waals surface area contributed by atoms with E-state index in [1.165, 1.54) is 0 Å². The molecule has 0 aromatic heterocycles. The smallest absolute Gasteiger partial charge is 0.228 e.